The minimum Gasteiger partial charge on any atom is -0.493 e. The van der Waals surface area contributed by atoms with Crippen LogP contribution in [0.2, 0.25) is 0 Å². The number of hydrogen-bond donors (Lipinski definition) is 1. The summed E-state index contributed by atoms with van der Waals surface area (Å²) in [5.41, 5.74) is 1.80. The van der Waals surface area contributed by atoms with E-state index in [9.17, 15) is 4.79 Å². The minimum absolute atomic E-state index is 0. The molecule has 2 aliphatic rings. The Hall–Kier alpha value is -2.05. The summed E-state index contributed by atoms with van der Waals surface area (Å²) in [6.07, 6.45) is 11.7. The summed E-state index contributed by atoms with van der Waals surface area (Å²) in [5.74, 6) is 1.53. The van der Waals surface area contributed by atoms with Crippen LogP contribution >= 0.6 is 12.4 Å². The Kier molecular flexibility index (Phi) is 8.16. The molecule has 164 valence electrons. The summed E-state index contributed by atoms with van der Waals surface area (Å²) in [6, 6.07) is 8.35. The minimum atomic E-state index is -0.00225. The third kappa shape index (κ3) is 5.55. The number of hydrogen-bond acceptors (Lipinski definition) is 4. The number of halogens is 1. The summed E-state index contributed by atoms with van der Waals surface area (Å²) in [7, 11) is 1.91. The van der Waals surface area contributed by atoms with Crippen molar-refractivity contribution in [1.82, 2.24) is 19.8 Å². The maximum Gasteiger partial charge on any atom is 0.329 e. The van der Waals surface area contributed by atoms with E-state index in [4.69, 9.17) is 4.74 Å². The monoisotopic (exact) mass is 432 g/mol. The van der Waals surface area contributed by atoms with Gasteiger partial charge in [-0.25, -0.2) is 9.78 Å². The van der Waals surface area contributed by atoms with E-state index in [1.165, 1.54) is 32.1 Å². The molecule has 0 radical (unpaired) electrons. The van der Waals surface area contributed by atoms with Crippen molar-refractivity contribution in [2.75, 3.05) is 26.7 Å². The highest BCUT2D eigenvalue weighted by molar-refractivity contribution is 5.85. The Morgan fingerprint density at radius 3 is 2.53 bits per heavy atom. The van der Waals surface area contributed by atoms with Gasteiger partial charge in [-0.05, 0) is 69.0 Å². The van der Waals surface area contributed by atoms with Crippen LogP contribution in [0.15, 0.2) is 36.8 Å². The van der Waals surface area contributed by atoms with E-state index >= 15 is 0 Å². The molecule has 2 heterocycles. The summed E-state index contributed by atoms with van der Waals surface area (Å²) < 4.78 is 7.57. The Labute approximate surface area is 185 Å². The number of rotatable bonds is 5. The molecule has 0 spiro atoms. The van der Waals surface area contributed by atoms with Crippen LogP contribution in [-0.4, -0.2) is 53.3 Å². The van der Waals surface area contributed by atoms with Crippen LogP contribution in [0, 0.1) is 5.92 Å². The molecular weight excluding hydrogens is 400 g/mol. The number of aromatic nitrogens is 2. The van der Waals surface area contributed by atoms with Gasteiger partial charge in [-0.1, -0.05) is 19.3 Å². The first kappa shape index (κ1) is 22.6. The fraction of sp³-hybridized carbons (Fsp3) is 0.565. The predicted octanol–water partition coefficient (Wildman–Crippen LogP) is 4.58. The molecule has 1 N–H and O–H groups in total. The zero-order valence-electron chi connectivity index (χ0n) is 17.8. The highest BCUT2D eigenvalue weighted by atomic mass is 35.5. The number of benzene rings is 1. The number of nitrogens with zero attached hydrogens (tertiary/aromatic N) is 3. The van der Waals surface area contributed by atoms with E-state index in [-0.39, 0.29) is 18.4 Å². The van der Waals surface area contributed by atoms with Gasteiger partial charge in [-0.2, -0.15) is 0 Å². The molecule has 4 rings (SSSR count). The zero-order chi connectivity index (χ0) is 20.1. The van der Waals surface area contributed by atoms with Crippen molar-refractivity contribution in [3.63, 3.8) is 0 Å². The average Bonchev–Trinajstić information content (AvgIpc) is 3.28. The summed E-state index contributed by atoms with van der Waals surface area (Å²) in [6.45, 7) is 2.95. The molecule has 0 unspecified atom stereocenters. The largest absolute Gasteiger partial charge is 0.493 e. The molecule has 1 aromatic carbocycles. The maximum absolute atomic E-state index is 12.8. The topological polar surface area (TPSA) is 59.4 Å². The molecule has 1 saturated carbocycles. The van der Waals surface area contributed by atoms with Gasteiger partial charge in [0.25, 0.3) is 0 Å². The van der Waals surface area contributed by atoms with Crippen LogP contribution in [0.25, 0.3) is 11.3 Å². The summed E-state index contributed by atoms with van der Waals surface area (Å²) in [4.78, 5) is 19.1. The molecule has 0 bridgehead atoms. The van der Waals surface area contributed by atoms with E-state index in [2.05, 4.69) is 10.3 Å². The number of carbonyl (C=O) groups excluding carboxylic acids is 1. The molecule has 30 heavy (non-hydrogen) atoms. The van der Waals surface area contributed by atoms with Gasteiger partial charge in [-0.15, -0.1) is 12.4 Å². The lowest BCUT2D eigenvalue weighted by Gasteiger charge is -2.31. The van der Waals surface area contributed by atoms with E-state index in [1.54, 1.807) is 10.9 Å². The highest BCUT2D eigenvalue weighted by Crippen LogP contribution is 2.24. The third-order valence-electron chi connectivity index (χ3n) is 6.32. The second-order valence-electron chi connectivity index (χ2n) is 8.38. The molecule has 1 aliphatic carbocycles. The van der Waals surface area contributed by atoms with Crippen molar-refractivity contribution in [3.05, 3.63) is 36.8 Å². The molecule has 6 nitrogen and oxygen atoms in total. The van der Waals surface area contributed by atoms with Gasteiger partial charge in [0, 0.05) is 24.8 Å². The van der Waals surface area contributed by atoms with Gasteiger partial charge in [0.1, 0.15) is 12.1 Å². The molecule has 7 heteroatoms. The van der Waals surface area contributed by atoms with E-state index in [1.807, 2.05) is 42.4 Å². The number of amides is 1. The van der Waals surface area contributed by atoms with Gasteiger partial charge in [0.15, 0.2) is 0 Å². The Morgan fingerprint density at radius 1 is 1.13 bits per heavy atom. The molecule has 0 atom stereocenters. The first-order chi connectivity index (χ1) is 14.2. The van der Waals surface area contributed by atoms with E-state index in [0.717, 1.165) is 49.5 Å². The number of carbonyl (C=O) groups is 1. The predicted molar refractivity (Wildman–Crippen MR) is 121 cm³/mol. The van der Waals surface area contributed by atoms with Crippen LogP contribution < -0.4 is 10.1 Å². The Bertz CT molecular complexity index is 796. The second kappa shape index (κ2) is 10.8. The Balaban J connectivity index is 0.00000256. The van der Waals surface area contributed by atoms with Gasteiger partial charge in [0.05, 0.1) is 12.3 Å². The number of nitrogens with one attached hydrogen (secondary N) is 1. The highest BCUT2D eigenvalue weighted by Gasteiger charge is 2.23. The van der Waals surface area contributed by atoms with Crippen LogP contribution in [0.3, 0.4) is 0 Å². The van der Waals surface area contributed by atoms with Gasteiger partial charge in [0.2, 0.25) is 0 Å². The molecule has 1 aliphatic heterocycles. The number of piperidine rings is 1. The lowest BCUT2D eigenvalue weighted by atomic mass is 9.95. The summed E-state index contributed by atoms with van der Waals surface area (Å²) >= 11 is 0. The fourth-order valence-corrected chi connectivity index (χ4v) is 4.37. The maximum atomic E-state index is 12.8. The van der Waals surface area contributed by atoms with Crippen LogP contribution in [0.4, 0.5) is 4.79 Å². The first-order valence-corrected chi connectivity index (χ1v) is 11.0. The standard InChI is InChI=1S/C23H32N4O2.ClH/c1-26(20-5-3-2-4-6-20)23(28)27-15-22(25-17-27)19-7-9-21(10-8-19)29-16-18-11-13-24-14-12-18;/h7-10,15,17-18,20,24H,2-6,11-14,16H2,1H3;1H. The van der Waals surface area contributed by atoms with Crippen molar-refractivity contribution in [2.24, 2.45) is 5.92 Å². The smallest absolute Gasteiger partial charge is 0.329 e. The lowest BCUT2D eigenvalue weighted by Crippen LogP contribution is -2.40. The van der Waals surface area contributed by atoms with Crippen molar-refractivity contribution >= 4 is 18.4 Å². The fourth-order valence-electron chi connectivity index (χ4n) is 4.37. The second-order valence-corrected chi connectivity index (χ2v) is 8.38. The van der Waals surface area contributed by atoms with Crippen LogP contribution in [-0.2, 0) is 0 Å². The van der Waals surface area contributed by atoms with Crippen LogP contribution in [0.5, 0.6) is 5.75 Å². The van der Waals surface area contributed by atoms with Crippen molar-refractivity contribution in [1.29, 1.82) is 0 Å². The Morgan fingerprint density at radius 2 is 1.83 bits per heavy atom. The normalized spacial score (nSPS) is 17.9. The van der Waals surface area contributed by atoms with E-state index < -0.39 is 0 Å². The number of ether oxygens (including phenoxy) is 1. The molecule has 1 aromatic heterocycles. The van der Waals surface area contributed by atoms with Crippen molar-refractivity contribution < 1.29 is 9.53 Å². The van der Waals surface area contributed by atoms with Gasteiger partial charge < -0.3 is 15.0 Å². The SMILES string of the molecule is CN(C(=O)n1cnc(-c2ccc(OCC3CCNCC3)cc2)c1)C1CCCCC1.Cl. The molecular formula is C23H33ClN4O2. The third-order valence-corrected chi connectivity index (χ3v) is 6.32. The first-order valence-electron chi connectivity index (χ1n) is 11.0. The molecule has 2 fully saturated rings. The molecule has 1 amide bonds. The van der Waals surface area contributed by atoms with Crippen molar-refractivity contribution in [2.45, 2.75) is 51.0 Å². The zero-order valence-corrected chi connectivity index (χ0v) is 18.6. The lowest BCUT2D eigenvalue weighted by molar-refractivity contribution is 0.175. The average molecular weight is 433 g/mol. The van der Waals surface area contributed by atoms with Gasteiger partial charge in [-0.3, -0.25) is 4.57 Å². The van der Waals surface area contributed by atoms with Crippen molar-refractivity contribution in [3.8, 4) is 17.0 Å². The number of imidazole rings is 1. The van der Waals surface area contributed by atoms with E-state index in [0.29, 0.717) is 12.0 Å². The summed E-state index contributed by atoms with van der Waals surface area (Å²) in [5, 5.41) is 3.38. The van der Waals surface area contributed by atoms with Gasteiger partial charge >= 0.3 is 6.03 Å². The molecule has 2 aromatic rings. The molecule has 1 saturated heterocycles. The quantitative estimate of drug-likeness (QED) is 0.751. The van der Waals surface area contributed by atoms with Crippen LogP contribution in [0.1, 0.15) is 44.9 Å².